The van der Waals surface area contributed by atoms with Gasteiger partial charge in [0.05, 0.1) is 29.4 Å². The fourth-order valence-electron chi connectivity index (χ4n) is 4.01. The molecular formula is C21H24FN3O5S2. The number of aromatic nitrogens is 1. The lowest BCUT2D eigenvalue weighted by molar-refractivity contribution is -0.118. The number of halogens is 1. The number of benzene rings is 1. The van der Waals surface area contributed by atoms with Crippen LogP contribution in [0.15, 0.2) is 35.4 Å². The second-order valence-electron chi connectivity index (χ2n) is 8.13. The molecule has 11 heteroatoms. The molecule has 1 aliphatic heterocycles. The number of methoxy groups -OCH3 is 1. The van der Waals surface area contributed by atoms with E-state index in [1.165, 1.54) is 7.11 Å². The largest absolute Gasteiger partial charge is 0.453 e. The molecule has 0 bridgehead atoms. The summed E-state index contributed by atoms with van der Waals surface area (Å²) >= 11 is 0.736. The van der Waals surface area contributed by atoms with E-state index in [1.807, 2.05) is 0 Å². The van der Waals surface area contributed by atoms with E-state index in [0.29, 0.717) is 37.9 Å². The second-order valence-corrected chi connectivity index (χ2v) is 11.3. The number of amides is 2. The van der Waals surface area contributed by atoms with Gasteiger partial charge < -0.3 is 15.0 Å². The predicted octanol–water partition coefficient (Wildman–Crippen LogP) is 3.42. The number of carbonyl (C=O) groups excluding carboxylic acids is 2. The minimum Gasteiger partial charge on any atom is -0.453 e. The van der Waals surface area contributed by atoms with Gasteiger partial charge in [0.15, 0.2) is 20.1 Å². The molecule has 0 spiro atoms. The van der Waals surface area contributed by atoms with Crippen molar-refractivity contribution in [2.24, 2.45) is 5.92 Å². The third kappa shape index (κ3) is 4.93. The van der Waals surface area contributed by atoms with Gasteiger partial charge in [-0.2, -0.15) is 4.39 Å². The molecule has 2 heterocycles. The van der Waals surface area contributed by atoms with Gasteiger partial charge in [-0.05, 0) is 49.3 Å². The molecular weight excluding hydrogens is 457 g/mol. The fraction of sp³-hybridized carbons (Fsp3) is 0.476. The van der Waals surface area contributed by atoms with Gasteiger partial charge in [-0.15, -0.1) is 0 Å². The van der Waals surface area contributed by atoms with Crippen molar-refractivity contribution in [2.75, 3.05) is 25.5 Å². The standard InChI is InChI=1S/C21H24FN3O5S2/c1-30-21(27)25-9-8-13(12-25)10-17(19(26)24-20-23-11-18(22)31-20)14-2-4-15(5-3-14)32(28,29)16-6-7-16/h2-5,11,13,16-17H,6-10,12H2,1H3,(H,23,24,26)/t13?,17-/m1/s1. The van der Waals surface area contributed by atoms with Crippen LogP contribution in [-0.4, -0.2) is 55.8 Å². The van der Waals surface area contributed by atoms with Crippen molar-refractivity contribution < 1.29 is 27.1 Å². The molecule has 1 N–H and O–H groups in total. The van der Waals surface area contributed by atoms with E-state index < -0.39 is 27.0 Å². The summed E-state index contributed by atoms with van der Waals surface area (Å²) < 4.78 is 43.1. The molecule has 172 valence electrons. The van der Waals surface area contributed by atoms with Crippen molar-refractivity contribution in [1.82, 2.24) is 9.88 Å². The smallest absolute Gasteiger partial charge is 0.409 e. The lowest BCUT2D eigenvalue weighted by atomic mass is 9.87. The maximum atomic E-state index is 13.3. The van der Waals surface area contributed by atoms with Crippen LogP contribution < -0.4 is 5.32 Å². The first-order valence-corrected chi connectivity index (χ1v) is 12.7. The molecule has 1 saturated carbocycles. The third-order valence-corrected chi connectivity index (χ3v) is 8.87. The van der Waals surface area contributed by atoms with Gasteiger partial charge in [-0.25, -0.2) is 18.2 Å². The molecule has 1 aromatic heterocycles. The maximum Gasteiger partial charge on any atom is 0.409 e. The average Bonchev–Trinajstić information content (AvgIpc) is 3.42. The number of nitrogens with one attached hydrogen (secondary N) is 1. The van der Waals surface area contributed by atoms with Crippen molar-refractivity contribution in [3.63, 3.8) is 0 Å². The molecule has 4 rings (SSSR count). The van der Waals surface area contributed by atoms with Crippen LogP contribution in [-0.2, 0) is 19.4 Å². The summed E-state index contributed by atoms with van der Waals surface area (Å²) in [4.78, 5) is 30.6. The van der Waals surface area contributed by atoms with Gasteiger partial charge in [0.25, 0.3) is 0 Å². The third-order valence-electron chi connectivity index (χ3n) is 5.89. The van der Waals surface area contributed by atoms with Gasteiger partial charge in [0.2, 0.25) is 5.91 Å². The van der Waals surface area contributed by atoms with Crippen LogP contribution in [0.5, 0.6) is 0 Å². The molecule has 32 heavy (non-hydrogen) atoms. The Hall–Kier alpha value is -2.53. The number of thiazole rings is 1. The van der Waals surface area contributed by atoms with Crippen molar-refractivity contribution >= 4 is 38.3 Å². The zero-order valence-electron chi connectivity index (χ0n) is 17.5. The summed E-state index contributed by atoms with van der Waals surface area (Å²) in [6, 6.07) is 6.41. The predicted molar refractivity (Wildman–Crippen MR) is 117 cm³/mol. The van der Waals surface area contributed by atoms with Crippen LogP contribution in [0.3, 0.4) is 0 Å². The highest BCUT2D eigenvalue weighted by molar-refractivity contribution is 7.92. The highest BCUT2D eigenvalue weighted by Gasteiger charge is 2.37. The van der Waals surface area contributed by atoms with E-state index in [-0.39, 0.29) is 27.1 Å². The molecule has 1 aromatic carbocycles. The Balaban J connectivity index is 1.54. The van der Waals surface area contributed by atoms with Crippen LogP contribution in [0.1, 0.15) is 37.2 Å². The minimum absolute atomic E-state index is 0.0627. The number of hydrogen-bond acceptors (Lipinski definition) is 7. The van der Waals surface area contributed by atoms with Gasteiger partial charge in [0, 0.05) is 13.1 Å². The molecule has 1 saturated heterocycles. The summed E-state index contributed by atoms with van der Waals surface area (Å²) in [5.41, 5.74) is 0.658. The van der Waals surface area contributed by atoms with Crippen LogP contribution in [0, 0.1) is 11.0 Å². The molecule has 2 amide bonds. The number of carbonyl (C=O) groups is 2. The number of rotatable bonds is 7. The number of ether oxygens (including phenoxy) is 1. The quantitative estimate of drug-likeness (QED) is 0.650. The first-order valence-electron chi connectivity index (χ1n) is 10.4. The molecule has 2 fully saturated rings. The highest BCUT2D eigenvalue weighted by atomic mass is 32.2. The maximum absolute atomic E-state index is 13.3. The molecule has 2 aliphatic rings. The first kappa shape index (κ1) is 22.7. The summed E-state index contributed by atoms with van der Waals surface area (Å²) in [6.45, 7) is 1.01. The second kappa shape index (κ2) is 9.14. The van der Waals surface area contributed by atoms with Crippen molar-refractivity contribution in [2.45, 2.75) is 41.7 Å². The number of anilines is 1. The molecule has 0 radical (unpaired) electrons. The Labute approximate surface area is 189 Å². The Morgan fingerprint density at radius 2 is 2.00 bits per heavy atom. The lowest BCUT2D eigenvalue weighted by Crippen LogP contribution is -2.29. The Kier molecular flexibility index (Phi) is 6.47. The summed E-state index contributed by atoms with van der Waals surface area (Å²) in [7, 11) is -2.00. The van der Waals surface area contributed by atoms with Crippen molar-refractivity contribution in [3.8, 4) is 0 Å². The molecule has 1 aliphatic carbocycles. The van der Waals surface area contributed by atoms with Crippen LogP contribution in [0.2, 0.25) is 0 Å². The number of likely N-dealkylation sites (tertiary alicyclic amines) is 1. The van der Waals surface area contributed by atoms with E-state index in [1.54, 1.807) is 29.2 Å². The number of hydrogen-bond donors (Lipinski definition) is 1. The Morgan fingerprint density at radius 1 is 1.28 bits per heavy atom. The van der Waals surface area contributed by atoms with Crippen LogP contribution in [0.25, 0.3) is 0 Å². The average molecular weight is 482 g/mol. The van der Waals surface area contributed by atoms with Gasteiger partial charge >= 0.3 is 6.09 Å². The normalized spacial score (nSPS) is 19.6. The SMILES string of the molecule is COC(=O)N1CCC(C[C@@H](C(=O)Nc2ncc(F)s2)c2ccc(S(=O)(=O)C3CC3)cc2)C1. The van der Waals surface area contributed by atoms with E-state index in [9.17, 15) is 22.4 Å². The van der Waals surface area contributed by atoms with Gasteiger partial charge in [0.1, 0.15) is 0 Å². The summed E-state index contributed by atoms with van der Waals surface area (Å²) in [5, 5.41) is 2.00. The zero-order valence-corrected chi connectivity index (χ0v) is 19.1. The topological polar surface area (TPSA) is 106 Å². The molecule has 2 atom stereocenters. The Morgan fingerprint density at radius 3 is 2.59 bits per heavy atom. The van der Waals surface area contributed by atoms with E-state index >= 15 is 0 Å². The summed E-state index contributed by atoms with van der Waals surface area (Å²) in [5.74, 6) is -0.899. The number of nitrogens with zero attached hydrogens (tertiary/aromatic N) is 2. The van der Waals surface area contributed by atoms with E-state index in [0.717, 1.165) is 24.0 Å². The number of sulfone groups is 1. The van der Waals surface area contributed by atoms with Crippen LogP contribution >= 0.6 is 11.3 Å². The van der Waals surface area contributed by atoms with Crippen molar-refractivity contribution in [3.05, 3.63) is 41.2 Å². The monoisotopic (exact) mass is 481 g/mol. The molecule has 1 unspecified atom stereocenters. The van der Waals surface area contributed by atoms with Crippen LogP contribution in [0.4, 0.5) is 14.3 Å². The fourth-order valence-corrected chi connectivity index (χ4v) is 6.22. The molecule has 8 nitrogen and oxygen atoms in total. The molecule has 2 aromatic rings. The highest BCUT2D eigenvalue weighted by Crippen LogP contribution is 2.35. The first-order chi connectivity index (χ1) is 15.3. The zero-order chi connectivity index (χ0) is 22.9. The van der Waals surface area contributed by atoms with Gasteiger partial charge in [-0.3, -0.25) is 4.79 Å². The Bertz CT molecular complexity index is 1100. The van der Waals surface area contributed by atoms with E-state index in [4.69, 9.17) is 4.74 Å². The van der Waals surface area contributed by atoms with E-state index in [2.05, 4.69) is 10.3 Å². The minimum atomic E-state index is -3.33. The summed E-state index contributed by atoms with van der Waals surface area (Å²) in [6.07, 6.45) is 3.16. The lowest BCUT2D eigenvalue weighted by Gasteiger charge is -2.21. The van der Waals surface area contributed by atoms with Gasteiger partial charge in [-0.1, -0.05) is 23.5 Å². The van der Waals surface area contributed by atoms with Crippen molar-refractivity contribution in [1.29, 1.82) is 0 Å².